The molecule has 1 unspecified atom stereocenters. The summed E-state index contributed by atoms with van der Waals surface area (Å²) in [6.07, 6.45) is 0.787. The zero-order valence-electron chi connectivity index (χ0n) is 15.2. The standard InChI is InChI=1S/C21H24BrN3O2/c22-17-6-3-5-16(15-17)20-23-19-8-2-1-7-18(19)21(26)25(20)10-4-9-24-11-13-27-14-12-24/h1-3,5-8,15,20,23H,4,9-14H2. The molecule has 4 rings (SSSR count). The van der Waals surface area contributed by atoms with Crippen molar-refractivity contribution in [1.29, 1.82) is 0 Å². The predicted molar refractivity (Wildman–Crippen MR) is 110 cm³/mol. The molecule has 2 aromatic carbocycles. The fraction of sp³-hybridized carbons (Fsp3) is 0.381. The number of nitrogens with zero attached hydrogens (tertiary/aromatic N) is 2. The Hall–Kier alpha value is -1.89. The quantitative estimate of drug-likeness (QED) is 0.785. The molecule has 1 N–H and O–H groups in total. The second-order valence-electron chi connectivity index (χ2n) is 6.95. The minimum atomic E-state index is -0.158. The van der Waals surface area contributed by atoms with E-state index in [1.807, 2.05) is 41.3 Å². The highest BCUT2D eigenvalue weighted by Crippen LogP contribution is 2.33. The highest BCUT2D eigenvalue weighted by atomic mass is 79.9. The summed E-state index contributed by atoms with van der Waals surface area (Å²) in [5.74, 6) is 0.0938. The van der Waals surface area contributed by atoms with Crippen LogP contribution >= 0.6 is 15.9 Å². The molecule has 2 aliphatic rings. The fourth-order valence-electron chi connectivity index (χ4n) is 3.75. The molecule has 1 amide bonds. The van der Waals surface area contributed by atoms with Crippen LogP contribution in [0.15, 0.2) is 53.0 Å². The van der Waals surface area contributed by atoms with E-state index in [0.717, 1.165) is 60.6 Å². The van der Waals surface area contributed by atoms with Crippen LogP contribution in [0.5, 0.6) is 0 Å². The number of benzene rings is 2. The Labute approximate surface area is 168 Å². The van der Waals surface area contributed by atoms with Gasteiger partial charge in [-0.3, -0.25) is 9.69 Å². The van der Waals surface area contributed by atoms with Crippen LogP contribution < -0.4 is 5.32 Å². The van der Waals surface area contributed by atoms with E-state index < -0.39 is 0 Å². The number of ether oxygens (including phenoxy) is 1. The van der Waals surface area contributed by atoms with E-state index in [1.165, 1.54) is 0 Å². The third-order valence-corrected chi connectivity index (χ3v) is 5.66. The van der Waals surface area contributed by atoms with Crippen molar-refractivity contribution in [2.75, 3.05) is 44.7 Å². The van der Waals surface area contributed by atoms with Crippen molar-refractivity contribution >= 4 is 27.5 Å². The van der Waals surface area contributed by atoms with Gasteiger partial charge >= 0.3 is 0 Å². The summed E-state index contributed by atoms with van der Waals surface area (Å²) < 4.78 is 6.43. The highest BCUT2D eigenvalue weighted by molar-refractivity contribution is 9.10. The van der Waals surface area contributed by atoms with Gasteiger partial charge in [-0.2, -0.15) is 0 Å². The molecule has 1 atom stereocenters. The van der Waals surface area contributed by atoms with Crippen LogP contribution in [-0.2, 0) is 4.74 Å². The van der Waals surface area contributed by atoms with Gasteiger partial charge < -0.3 is 15.0 Å². The van der Waals surface area contributed by atoms with E-state index in [0.29, 0.717) is 6.54 Å². The molecule has 142 valence electrons. The summed E-state index contributed by atoms with van der Waals surface area (Å²) >= 11 is 3.55. The smallest absolute Gasteiger partial charge is 0.257 e. The number of para-hydroxylation sites is 1. The Morgan fingerprint density at radius 2 is 1.89 bits per heavy atom. The van der Waals surface area contributed by atoms with Crippen LogP contribution in [0.1, 0.15) is 28.5 Å². The summed E-state index contributed by atoms with van der Waals surface area (Å²) in [6.45, 7) is 5.26. The van der Waals surface area contributed by atoms with Crippen LogP contribution in [0.2, 0.25) is 0 Å². The number of hydrogen-bond donors (Lipinski definition) is 1. The Morgan fingerprint density at radius 1 is 1.07 bits per heavy atom. The maximum Gasteiger partial charge on any atom is 0.257 e. The average molecular weight is 430 g/mol. The Bertz CT molecular complexity index is 808. The number of fused-ring (bicyclic) bond motifs is 1. The largest absolute Gasteiger partial charge is 0.379 e. The number of morpholine rings is 1. The van der Waals surface area contributed by atoms with E-state index in [-0.39, 0.29) is 12.1 Å². The molecular formula is C21H24BrN3O2. The topological polar surface area (TPSA) is 44.8 Å². The molecule has 0 radical (unpaired) electrons. The molecule has 2 aliphatic heterocycles. The average Bonchev–Trinajstić information content (AvgIpc) is 2.70. The number of rotatable bonds is 5. The Balaban J connectivity index is 1.54. The van der Waals surface area contributed by atoms with E-state index >= 15 is 0 Å². The lowest BCUT2D eigenvalue weighted by Crippen LogP contribution is -2.44. The summed E-state index contributed by atoms with van der Waals surface area (Å²) in [4.78, 5) is 17.6. The van der Waals surface area contributed by atoms with Crippen LogP contribution in [0, 0.1) is 0 Å². The Kier molecular flexibility index (Phi) is 5.76. The van der Waals surface area contributed by atoms with Gasteiger partial charge in [0.25, 0.3) is 5.91 Å². The monoisotopic (exact) mass is 429 g/mol. The van der Waals surface area contributed by atoms with Crippen molar-refractivity contribution in [3.05, 3.63) is 64.1 Å². The van der Waals surface area contributed by atoms with Crippen molar-refractivity contribution in [1.82, 2.24) is 9.80 Å². The molecule has 5 nitrogen and oxygen atoms in total. The second kappa shape index (κ2) is 8.42. The fourth-order valence-corrected chi connectivity index (χ4v) is 4.17. The van der Waals surface area contributed by atoms with Crippen molar-refractivity contribution in [3.8, 4) is 0 Å². The first-order valence-electron chi connectivity index (χ1n) is 9.44. The van der Waals surface area contributed by atoms with Gasteiger partial charge in [0.05, 0.1) is 18.8 Å². The van der Waals surface area contributed by atoms with Gasteiger partial charge in [-0.05, 0) is 36.2 Å². The first-order valence-corrected chi connectivity index (χ1v) is 10.2. The lowest BCUT2D eigenvalue weighted by atomic mass is 10.0. The molecule has 1 fully saturated rings. The lowest BCUT2D eigenvalue weighted by Gasteiger charge is -2.38. The number of nitrogens with one attached hydrogen (secondary N) is 1. The Morgan fingerprint density at radius 3 is 2.70 bits per heavy atom. The lowest BCUT2D eigenvalue weighted by molar-refractivity contribution is 0.0348. The van der Waals surface area contributed by atoms with Crippen molar-refractivity contribution in [2.45, 2.75) is 12.6 Å². The molecule has 6 heteroatoms. The van der Waals surface area contributed by atoms with Crippen LogP contribution in [-0.4, -0.2) is 55.1 Å². The second-order valence-corrected chi connectivity index (χ2v) is 7.87. The SMILES string of the molecule is O=C1c2ccccc2NC(c2cccc(Br)c2)N1CCCN1CCOCC1. The van der Waals surface area contributed by atoms with Gasteiger partial charge in [0.1, 0.15) is 6.17 Å². The van der Waals surface area contributed by atoms with E-state index in [9.17, 15) is 4.79 Å². The van der Waals surface area contributed by atoms with Crippen LogP contribution in [0.25, 0.3) is 0 Å². The van der Waals surface area contributed by atoms with Crippen molar-refractivity contribution < 1.29 is 9.53 Å². The summed E-state index contributed by atoms with van der Waals surface area (Å²) in [5, 5.41) is 3.56. The molecule has 0 saturated carbocycles. The van der Waals surface area contributed by atoms with Gasteiger partial charge in [-0.15, -0.1) is 0 Å². The van der Waals surface area contributed by atoms with Gasteiger partial charge in [0, 0.05) is 36.3 Å². The summed E-state index contributed by atoms with van der Waals surface area (Å²) in [6, 6.07) is 15.9. The zero-order chi connectivity index (χ0) is 18.6. The highest BCUT2D eigenvalue weighted by Gasteiger charge is 2.32. The van der Waals surface area contributed by atoms with Gasteiger partial charge in [0.15, 0.2) is 0 Å². The first kappa shape index (κ1) is 18.5. The molecule has 0 spiro atoms. The number of carbonyl (C=O) groups excluding carboxylic acids is 1. The molecule has 27 heavy (non-hydrogen) atoms. The van der Waals surface area contributed by atoms with Crippen molar-refractivity contribution in [2.24, 2.45) is 0 Å². The molecular weight excluding hydrogens is 406 g/mol. The number of carbonyl (C=O) groups is 1. The maximum atomic E-state index is 13.2. The molecule has 0 aliphatic carbocycles. The van der Waals surface area contributed by atoms with E-state index in [2.05, 4.69) is 38.3 Å². The molecule has 1 saturated heterocycles. The molecule has 0 aromatic heterocycles. The zero-order valence-corrected chi connectivity index (χ0v) is 16.8. The number of hydrogen-bond acceptors (Lipinski definition) is 4. The van der Waals surface area contributed by atoms with Gasteiger partial charge in [-0.1, -0.05) is 40.2 Å². The van der Waals surface area contributed by atoms with Crippen LogP contribution in [0.3, 0.4) is 0 Å². The minimum absolute atomic E-state index is 0.0938. The van der Waals surface area contributed by atoms with Crippen LogP contribution in [0.4, 0.5) is 5.69 Å². The number of amides is 1. The van der Waals surface area contributed by atoms with Gasteiger partial charge in [-0.25, -0.2) is 0 Å². The van der Waals surface area contributed by atoms with Gasteiger partial charge in [0.2, 0.25) is 0 Å². The predicted octanol–water partition coefficient (Wildman–Crippen LogP) is 3.74. The number of anilines is 1. The summed E-state index contributed by atoms with van der Waals surface area (Å²) in [5.41, 5.74) is 2.73. The number of halogens is 1. The minimum Gasteiger partial charge on any atom is -0.379 e. The van der Waals surface area contributed by atoms with Crippen molar-refractivity contribution in [3.63, 3.8) is 0 Å². The molecule has 0 bridgehead atoms. The molecule has 2 aromatic rings. The third kappa shape index (κ3) is 4.18. The summed E-state index contributed by atoms with van der Waals surface area (Å²) in [7, 11) is 0. The van der Waals surface area contributed by atoms with E-state index in [4.69, 9.17) is 4.74 Å². The third-order valence-electron chi connectivity index (χ3n) is 5.16. The maximum absolute atomic E-state index is 13.2. The normalized spacial score (nSPS) is 20.3. The first-order chi connectivity index (χ1) is 13.2. The van der Waals surface area contributed by atoms with E-state index in [1.54, 1.807) is 0 Å². The molecule has 2 heterocycles.